The number of nitrogens with zero attached hydrogens (tertiary/aromatic N) is 2. The Labute approximate surface area is 124 Å². The smallest absolute Gasteiger partial charge is 0.247 e. The lowest BCUT2D eigenvalue weighted by Crippen LogP contribution is -2.42. The number of ether oxygens (including phenoxy) is 1. The Hall–Kier alpha value is -1.95. The minimum atomic E-state index is -0.436. The lowest BCUT2D eigenvalue weighted by Gasteiger charge is -2.21. The second-order valence-electron chi connectivity index (χ2n) is 5.21. The van der Waals surface area contributed by atoms with Gasteiger partial charge in [0.05, 0.1) is 19.6 Å². The van der Waals surface area contributed by atoms with Crippen molar-refractivity contribution in [2.75, 3.05) is 7.11 Å². The van der Waals surface area contributed by atoms with Gasteiger partial charge in [-0.1, -0.05) is 13.0 Å². The number of hydrogen-bond acceptors (Lipinski definition) is 5. The maximum Gasteiger partial charge on any atom is 0.247 e. The van der Waals surface area contributed by atoms with Crippen molar-refractivity contribution in [2.45, 2.75) is 45.3 Å². The zero-order valence-corrected chi connectivity index (χ0v) is 12.6. The fraction of sp³-hybridized carbons (Fsp3) is 0.533. The van der Waals surface area contributed by atoms with E-state index in [1.54, 1.807) is 19.4 Å². The van der Waals surface area contributed by atoms with Crippen LogP contribution >= 0.6 is 0 Å². The lowest BCUT2D eigenvalue weighted by molar-refractivity contribution is -0.141. The molecule has 6 heteroatoms. The number of carbonyl (C=O) groups is 2. The molecule has 0 spiro atoms. The van der Waals surface area contributed by atoms with Crippen molar-refractivity contribution in [3.63, 3.8) is 0 Å². The van der Waals surface area contributed by atoms with Gasteiger partial charge in [0.1, 0.15) is 0 Å². The van der Waals surface area contributed by atoms with E-state index < -0.39 is 6.04 Å². The third kappa shape index (κ3) is 3.39. The number of amides is 2. The number of carbonyl (C=O) groups excluding carboxylic acids is 2. The Kier molecular flexibility index (Phi) is 4.90. The van der Waals surface area contributed by atoms with Gasteiger partial charge in [0.15, 0.2) is 0 Å². The topological polar surface area (TPSA) is 71.5 Å². The average Bonchev–Trinajstić information content (AvgIpc) is 2.79. The third-order valence-electron chi connectivity index (χ3n) is 3.77. The van der Waals surface area contributed by atoms with Gasteiger partial charge in [0.25, 0.3) is 0 Å². The molecule has 0 bridgehead atoms. The van der Waals surface area contributed by atoms with E-state index in [-0.39, 0.29) is 24.3 Å². The lowest BCUT2D eigenvalue weighted by atomic mass is 10.2. The number of methoxy groups -OCH3 is 1. The van der Waals surface area contributed by atoms with Gasteiger partial charge in [-0.3, -0.25) is 14.5 Å². The minimum absolute atomic E-state index is 0.0422. The van der Waals surface area contributed by atoms with E-state index in [0.717, 1.165) is 12.0 Å². The van der Waals surface area contributed by atoms with Gasteiger partial charge < -0.3 is 10.1 Å². The van der Waals surface area contributed by atoms with Gasteiger partial charge in [0, 0.05) is 24.8 Å². The van der Waals surface area contributed by atoms with Gasteiger partial charge in [-0.2, -0.15) is 0 Å². The standard InChI is InChI=1S/C15H21N3O3/c1-4-10(2)18-14(19)7-12(15(18)20)16-8-11-5-6-13(21-3)17-9-11/h5-6,9-10,12,16H,4,7-8H2,1-3H3. The molecule has 0 radical (unpaired) electrons. The van der Waals surface area contributed by atoms with Crippen molar-refractivity contribution < 1.29 is 14.3 Å². The summed E-state index contributed by atoms with van der Waals surface area (Å²) in [6.45, 7) is 4.36. The molecule has 0 saturated carbocycles. The first-order chi connectivity index (χ1) is 10.1. The zero-order chi connectivity index (χ0) is 15.4. The molecule has 2 atom stereocenters. The van der Waals surface area contributed by atoms with Crippen LogP contribution in [0.3, 0.4) is 0 Å². The molecule has 2 heterocycles. The number of hydrogen-bond donors (Lipinski definition) is 1. The van der Waals surface area contributed by atoms with E-state index in [9.17, 15) is 9.59 Å². The largest absolute Gasteiger partial charge is 0.481 e. The molecule has 1 aromatic heterocycles. The van der Waals surface area contributed by atoms with Crippen LogP contribution in [0.2, 0.25) is 0 Å². The maximum atomic E-state index is 12.2. The van der Waals surface area contributed by atoms with Gasteiger partial charge in [-0.15, -0.1) is 0 Å². The quantitative estimate of drug-likeness (QED) is 0.795. The van der Waals surface area contributed by atoms with Crippen LogP contribution < -0.4 is 10.1 Å². The normalized spacial score (nSPS) is 20.0. The molecule has 1 aliphatic rings. The Morgan fingerprint density at radius 2 is 2.24 bits per heavy atom. The number of likely N-dealkylation sites (tertiary alicyclic amines) is 1. The first-order valence-corrected chi connectivity index (χ1v) is 7.15. The van der Waals surface area contributed by atoms with Crippen molar-refractivity contribution in [2.24, 2.45) is 0 Å². The van der Waals surface area contributed by atoms with Gasteiger partial charge in [-0.05, 0) is 18.9 Å². The second kappa shape index (κ2) is 6.67. The van der Waals surface area contributed by atoms with E-state index in [2.05, 4.69) is 10.3 Å². The highest BCUT2D eigenvalue weighted by molar-refractivity contribution is 6.05. The molecule has 114 valence electrons. The molecule has 2 unspecified atom stereocenters. The van der Waals surface area contributed by atoms with E-state index in [1.807, 2.05) is 19.9 Å². The van der Waals surface area contributed by atoms with Crippen LogP contribution in [0.1, 0.15) is 32.3 Å². The summed E-state index contributed by atoms with van der Waals surface area (Å²) in [7, 11) is 1.56. The molecule has 1 N–H and O–H groups in total. The summed E-state index contributed by atoms with van der Waals surface area (Å²) in [4.78, 5) is 29.7. The molecule has 1 saturated heterocycles. The molecule has 21 heavy (non-hydrogen) atoms. The van der Waals surface area contributed by atoms with Gasteiger partial charge in [0.2, 0.25) is 17.7 Å². The molecule has 1 fully saturated rings. The summed E-state index contributed by atoms with van der Waals surface area (Å²) >= 11 is 0. The SMILES string of the molecule is CCC(C)N1C(=O)CC(NCc2ccc(OC)nc2)C1=O. The van der Waals surface area contributed by atoms with Gasteiger partial charge in [-0.25, -0.2) is 4.98 Å². The number of imide groups is 1. The average molecular weight is 291 g/mol. The van der Waals surface area contributed by atoms with Gasteiger partial charge >= 0.3 is 0 Å². The molecule has 0 aliphatic carbocycles. The van der Waals surface area contributed by atoms with Crippen LogP contribution in [-0.2, 0) is 16.1 Å². The van der Waals surface area contributed by atoms with Crippen LogP contribution in [-0.4, -0.2) is 40.9 Å². The molecular weight excluding hydrogens is 270 g/mol. The highest BCUT2D eigenvalue weighted by Crippen LogP contribution is 2.18. The van der Waals surface area contributed by atoms with Crippen LogP contribution in [0.25, 0.3) is 0 Å². The van der Waals surface area contributed by atoms with E-state index in [1.165, 1.54) is 4.90 Å². The molecular formula is C15H21N3O3. The van der Waals surface area contributed by atoms with Crippen molar-refractivity contribution in [3.8, 4) is 5.88 Å². The predicted octanol–water partition coefficient (Wildman–Crippen LogP) is 1.11. The van der Waals surface area contributed by atoms with Crippen LogP contribution in [0.4, 0.5) is 0 Å². The number of nitrogens with one attached hydrogen (secondary N) is 1. The summed E-state index contributed by atoms with van der Waals surface area (Å²) in [5.74, 6) is 0.323. The fourth-order valence-electron chi connectivity index (χ4n) is 2.33. The predicted molar refractivity (Wildman–Crippen MR) is 77.6 cm³/mol. The summed E-state index contributed by atoms with van der Waals surface area (Å²) in [5.41, 5.74) is 0.943. The third-order valence-corrected chi connectivity index (χ3v) is 3.77. The first kappa shape index (κ1) is 15.4. The Bertz CT molecular complexity index is 515. The summed E-state index contributed by atoms with van der Waals surface area (Å²) in [6, 6.07) is 3.17. The summed E-state index contributed by atoms with van der Waals surface area (Å²) in [6.07, 6.45) is 2.69. The van der Waals surface area contributed by atoms with Crippen LogP contribution in [0.15, 0.2) is 18.3 Å². The molecule has 0 aromatic carbocycles. The maximum absolute atomic E-state index is 12.2. The Morgan fingerprint density at radius 1 is 1.48 bits per heavy atom. The van der Waals surface area contributed by atoms with E-state index in [0.29, 0.717) is 12.4 Å². The molecule has 1 aromatic rings. The molecule has 2 rings (SSSR count). The minimum Gasteiger partial charge on any atom is -0.481 e. The molecule has 6 nitrogen and oxygen atoms in total. The van der Waals surface area contributed by atoms with E-state index >= 15 is 0 Å². The fourth-order valence-corrected chi connectivity index (χ4v) is 2.33. The highest BCUT2D eigenvalue weighted by atomic mass is 16.5. The Morgan fingerprint density at radius 3 is 2.81 bits per heavy atom. The zero-order valence-electron chi connectivity index (χ0n) is 12.6. The van der Waals surface area contributed by atoms with Crippen molar-refractivity contribution in [3.05, 3.63) is 23.9 Å². The number of pyridine rings is 1. The Balaban J connectivity index is 1.94. The monoisotopic (exact) mass is 291 g/mol. The van der Waals surface area contributed by atoms with Crippen molar-refractivity contribution in [1.82, 2.24) is 15.2 Å². The van der Waals surface area contributed by atoms with Crippen LogP contribution in [0.5, 0.6) is 5.88 Å². The number of aromatic nitrogens is 1. The number of rotatable bonds is 6. The van der Waals surface area contributed by atoms with Crippen LogP contribution in [0, 0.1) is 0 Å². The first-order valence-electron chi connectivity index (χ1n) is 7.15. The van der Waals surface area contributed by atoms with Crippen molar-refractivity contribution >= 4 is 11.8 Å². The molecule has 1 aliphatic heterocycles. The van der Waals surface area contributed by atoms with E-state index in [4.69, 9.17) is 4.74 Å². The summed E-state index contributed by atoms with van der Waals surface area (Å²) in [5, 5.41) is 3.13. The highest BCUT2D eigenvalue weighted by Gasteiger charge is 2.40. The summed E-state index contributed by atoms with van der Waals surface area (Å²) < 4.78 is 4.99. The van der Waals surface area contributed by atoms with Crippen molar-refractivity contribution in [1.29, 1.82) is 0 Å². The molecule has 2 amide bonds. The second-order valence-corrected chi connectivity index (χ2v) is 5.21.